The largest absolute Gasteiger partial charge is 0.352 e. The maximum absolute atomic E-state index is 14.1. The first-order chi connectivity index (χ1) is 16.3. The molecule has 0 spiro atoms. The minimum Gasteiger partial charge on any atom is -0.352 e. The highest BCUT2D eigenvalue weighted by molar-refractivity contribution is 7.99. The van der Waals surface area contributed by atoms with E-state index < -0.39 is 11.9 Å². The molecule has 1 atom stereocenters. The normalized spacial score (nSPS) is 14.7. The molecule has 1 saturated carbocycles. The summed E-state index contributed by atoms with van der Waals surface area (Å²) >= 11 is 19.8. The van der Waals surface area contributed by atoms with Crippen LogP contribution < -0.4 is 5.32 Å². The Balaban J connectivity index is 1.76. The van der Waals surface area contributed by atoms with Crippen LogP contribution in [0.4, 0.5) is 4.39 Å². The van der Waals surface area contributed by atoms with Crippen molar-refractivity contribution in [2.75, 3.05) is 5.75 Å². The molecule has 1 aliphatic rings. The number of nitrogens with one attached hydrogen (secondary N) is 1. The smallest absolute Gasteiger partial charge is 0.243 e. The summed E-state index contributed by atoms with van der Waals surface area (Å²) in [6, 6.07) is 9.11. The van der Waals surface area contributed by atoms with Gasteiger partial charge in [-0.2, -0.15) is 0 Å². The van der Waals surface area contributed by atoms with Gasteiger partial charge in [0.05, 0.1) is 5.75 Å². The van der Waals surface area contributed by atoms with Gasteiger partial charge in [0.1, 0.15) is 11.9 Å². The van der Waals surface area contributed by atoms with Gasteiger partial charge in [0.25, 0.3) is 0 Å². The molecule has 1 fully saturated rings. The molecule has 34 heavy (non-hydrogen) atoms. The predicted molar refractivity (Wildman–Crippen MR) is 139 cm³/mol. The second-order valence-corrected chi connectivity index (χ2v) is 10.6. The van der Waals surface area contributed by atoms with Crippen LogP contribution in [0, 0.1) is 5.82 Å². The Kier molecular flexibility index (Phi) is 10.4. The minimum atomic E-state index is -0.641. The Morgan fingerprint density at radius 2 is 1.88 bits per heavy atom. The number of rotatable bonds is 10. The molecule has 4 nitrogen and oxygen atoms in total. The number of thioether (sulfide) groups is 1. The van der Waals surface area contributed by atoms with E-state index in [4.69, 9.17) is 34.8 Å². The van der Waals surface area contributed by atoms with Crippen molar-refractivity contribution in [3.05, 3.63) is 68.4 Å². The third kappa shape index (κ3) is 7.27. The monoisotopic (exact) mass is 544 g/mol. The van der Waals surface area contributed by atoms with E-state index in [2.05, 4.69) is 5.32 Å². The van der Waals surface area contributed by atoms with Crippen LogP contribution in [0.25, 0.3) is 0 Å². The van der Waals surface area contributed by atoms with Crippen molar-refractivity contribution in [2.24, 2.45) is 0 Å². The van der Waals surface area contributed by atoms with Gasteiger partial charge in [0, 0.05) is 39.0 Å². The highest BCUT2D eigenvalue weighted by Crippen LogP contribution is 2.27. The number of carbonyl (C=O) groups is 2. The molecule has 184 valence electrons. The lowest BCUT2D eigenvalue weighted by molar-refractivity contribution is -0.139. The predicted octanol–water partition coefficient (Wildman–Crippen LogP) is 6.89. The molecule has 1 aliphatic carbocycles. The molecule has 0 radical (unpaired) electrons. The quantitative estimate of drug-likeness (QED) is 0.354. The molecule has 0 aliphatic heterocycles. The van der Waals surface area contributed by atoms with Crippen LogP contribution in [0.1, 0.15) is 50.2 Å². The van der Waals surface area contributed by atoms with E-state index in [-0.39, 0.29) is 35.9 Å². The number of amides is 2. The van der Waals surface area contributed by atoms with Gasteiger partial charge < -0.3 is 10.2 Å². The van der Waals surface area contributed by atoms with Gasteiger partial charge >= 0.3 is 0 Å². The van der Waals surface area contributed by atoms with E-state index in [9.17, 15) is 14.0 Å². The van der Waals surface area contributed by atoms with Crippen molar-refractivity contribution in [3.63, 3.8) is 0 Å². The Morgan fingerprint density at radius 3 is 2.53 bits per heavy atom. The van der Waals surface area contributed by atoms with Gasteiger partial charge in [-0.1, -0.05) is 66.7 Å². The van der Waals surface area contributed by atoms with Crippen LogP contribution in [-0.4, -0.2) is 34.6 Å². The van der Waals surface area contributed by atoms with Crippen molar-refractivity contribution < 1.29 is 14.0 Å². The van der Waals surface area contributed by atoms with Crippen molar-refractivity contribution in [1.82, 2.24) is 10.2 Å². The second kappa shape index (κ2) is 13.0. The van der Waals surface area contributed by atoms with Crippen LogP contribution in [0.15, 0.2) is 36.4 Å². The molecule has 1 N–H and O–H groups in total. The van der Waals surface area contributed by atoms with E-state index in [1.165, 1.54) is 17.8 Å². The summed E-state index contributed by atoms with van der Waals surface area (Å²) < 4.78 is 14.1. The van der Waals surface area contributed by atoms with Crippen molar-refractivity contribution in [2.45, 2.75) is 63.4 Å². The fraction of sp³-hybridized carbons (Fsp3) is 0.440. The molecule has 3 rings (SSSR count). The molecule has 0 heterocycles. The molecule has 0 unspecified atom stereocenters. The number of halogens is 4. The second-order valence-electron chi connectivity index (χ2n) is 8.36. The van der Waals surface area contributed by atoms with Crippen LogP contribution in [0.2, 0.25) is 15.1 Å². The lowest BCUT2D eigenvalue weighted by Gasteiger charge is -2.31. The number of nitrogens with zero attached hydrogens (tertiary/aromatic N) is 1. The molecule has 2 amide bonds. The number of hydrogen-bond acceptors (Lipinski definition) is 3. The summed E-state index contributed by atoms with van der Waals surface area (Å²) in [6.45, 7) is 2.06. The Morgan fingerprint density at radius 1 is 1.15 bits per heavy atom. The molecule has 0 bridgehead atoms. The summed E-state index contributed by atoms with van der Waals surface area (Å²) in [4.78, 5) is 28.1. The zero-order chi connectivity index (χ0) is 24.7. The Labute approximate surface area is 219 Å². The van der Waals surface area contributed by atoms with E-state index in [1.807, 2.05) is 6.92 Å². The lowest BCUT2D eigenvalue weighted by atomic mass is 10.1. The maximum Gasteiger partial charge on any atom is 0.243 e. The summed E-state index contributed by atoms with van der Waals surface area (Å²) in [5.41, 5.74) is 1.06. The summed E-state index contributed by atoms with van der Waals surface area (Å²) in [5.74, 6) is -0.465. The first kappa shape index (κ1) is 27.1. The van der Waals surface area contributed by atoms with E-state index in [0.29, 0.717) is 32.6 Å². The summed E-state index contributed by atoms with van der Waals surface area (Å²) in [5, 5.41) is 4.36. The molecular formula is C25H28Cl3FN2O2S. The van der Waals surface area contributed by atoms with Gasteiger partial charge in [-0.25, -0.2) is 4.39 Å². The van der Waals surface area contributed by atoms with Crippen LogP contribution in [-0.2, 0) is 21.9 Å². The molecule has 0 aromatic heterocycles. The highest BCUT2D eigenvalue weighted by Gasteiger charge is 2.31. The van der Waals surface area contributed by atoms with Gasteiger partial charge in [0.2, 0.25) is 11.8 Å². The zero-order valence-corrected chi connectivity index (χ0v) is 22.0. The SMILES string of the molecule is CC[C@H](C(=O)NC1CCCC1)N(Cc1ccc(Cl)cc1Cl)C(=O)CSCc1c(F)cccc1Cl. The van der Waals surface area contributed by atoms with Gasteiger partial charge in [-0.3, -0.25) is 9.59 Å². The van der Waals surface area contributed by atoms with Gasteiger partial charge in [0.15, 0.2) is 0 Å². The topological polar surface area (TPSA) is 49.4 Å². The van der Waals surface area contributed by atoms with Crippen LogP contribution >= 0.6 is 46.6 Å². The number of hydrogen-bond donors (Lipinski definition) is 1. The summed E-state index contributed by atoms with van der Waals surface area (Å²) in [7, 11) is 0. The number of benzene rings is 2. The average molecular weight is 546 g/mol. The Hall–Kier alpha value is -1.47. The fourth-order valence-corrected chi connectivity index (χ4v) is 5.83. The molecule has 2 aromatic rings. The third-order valence-electron chi connectivity index (χ3n) is 5.98. The molecule has 9 heteroatoms. The minimum absolute atomic E-state index is 0.0725. The van der Waals surface area contributed by atoms with Gasteiger partial charge in [-0.05, 0) is 49.1 Å². The Bertz CT molecular complexity index is 997. The van der Waals surface area contributed by atoms with Crippen LogP contribution in [0.3, 0.4) is 0 Å². The van der Waals surface area contributed by atoms with E-state index in [0.717, 1.165) is 25.7 Å². The first-order valence-electron chi connectivity index (χ1n) is 11.3. The number of carbonyl (C=O) groups excluding carboxylic acids is 2. The van der Waals surface area contributed by atoms with E-state index in [1.54, 1.807) is 35.2 Å². The zero-order valence-electron chi connectivity index (χ0n) is 19.0. The van der Waals surface area contributed by atoms with Crippen LogP contribution in [0.5, 0.6) is 0 Å². The molecule has 2 aromatic carbocycles. The fourth-order valence-electron chi connectivity index (χ4n) is 4.11. The molecule has 0 saturated heterocycles. The maximum atomic E-state index is 14.1. The van der Waals surface area contributed by atoms with Crippen molar-refractivity contribution in [1.29, 1.82) is 0 Å². The first-order valence-corrected chi connectivity index (χ1v) is 13.6. The third-order valence-corrected chi connectivity index (χ3v) is 7.86. The summed E-state index contributed by atoms with van der Waals surface area (Å²) in [6.07, 6.45) is 4.57. The van der Waals surface area contributed by atoms with Gasteiger partial charge in [-0.15, -0.1) is 11.8 Å². The lowest BCUT2D eigenvalue weighted by Crippen LogP contribution is -2.51. The van der Waals surface area contributed by atoms with E-state index >= 15 is 0 Å². The highest BCUT2D eigenvalue weighted by atomic mass is 35.5. The van der Waals surface area contributed by atoms with Crippen molar-refractivity contribution in [3.8, 4) is 0 Å². The average Bonchev–Trinajstić information content (AvgIpc) is 3.30. The standard InChI is InChI=1S/C25H28Cl3FN2O2S/c1-2-23(25(33)30-18-6-3-4-7-18)31(13-16-10-11-17(26)12-21(16)28)24(32)15-34-14-19-20(27)8-5-9-22(19)29/h5,8-12,18,23H,2-4,6-7,13-15H2,1H3,(H,30,33)/t23-/m1/s1. The van der Waals surface area contributed by atoms with Crippen molar-refractivity contribution >= 4 is 58.4 Å². The molecular weight excluding hydrogens is 518 g/mol.